The fourth-order valence-corrected chi connectivity index (χ4v) is 5.22. The van der Waals surface area contributed by atoms with Gasteiger partial charge in [0.15, 0.2) is 5.75 Å². The number of rotatable bonds is 6. The summed E-state index contributed by atoms with van der Waals surface area (Å²) >= 11 is 1.59. The smallest absolute Gasteiger partial charge is 0.451 e. The minimum absolute atomic E-state index is 0.0436. The van der Waals surface area contributed by atoms with E-state index in [0.717, 1.165) is 27.7 Å². The second-order valence-electron chi connectivity index (χ2n) is 7.10. The molecule has 1 aromatic heterocycles. The molecular weight excluding hydrogens is 373 g/mol. The standard InChI is InChI=1S/C21H22BNO4S/c1-27-20-17(11-14-6-7-15-4-2-3-5-16(15)10-14)12-19(24)23-18(8-9-22(25)26)13-28-21(20)23/h2-7,10,12,18,25-26H,8-9,11,13H2,1H3. The normalized spacial score (nSPS) is 15.6. The van der Waals surface area contributed by atoms with E-state index in [-0.39, 0.29) is 17.9 Å². The molecule has 0 saturated heterocycles. The van der Waals surface area contributed by atoms with Crippen molar-refractivity contribution in [2.45, 2.75) is 30.2 Å². The van der Waals surface area contributed by atoms with Gasteiger partial charge >= 0.3 is 7.12 Å². The first-order valence-corrected chi connectivity index (χ1v) is 10.3. The Kier molecular flexibility index (Phi) is 5.48. The zero-order valence-corrected chi connectivity index (χ0v) is 16.5. The van der Waals surface area contributed by atoms with Gasteiger partial charge in [0.25, 0.3) is 5.56 Å². The van der Waals surface area contributed by atoms with Crippen LogP contribution in [0.2, 0.25) is 6.32 Å². The summed E-state index contributed by atoms with van der Waals surface area (Å²) in [7, 11) is 0.287. The molecule has 4 rings (SSSR count). The third-order valence-electron chi connectivity index (χ3n) is 5.19. The minimum atomic E-state index is -1.35. The van der Waals surface area contributed by atoms with Crippen molar-refractivity contribution in [3.8, 4) is 5.75 Å². The van der Waals surface area contributed by atoms with Gasteiger partial charge in [-0.25, -0.2) is 0 Å². The van der Waals surface area contributed by atoms with Crippen LogP contribution in [0.3, 0.4) is 0 Å². The molecule has 28 heavy (non-hydrogen) atoms. The lowest BCUT2D eigenvalue weighted by Gasteiger charge is -2.17. The van der Waals surface area contributed by atoms with E-state index >= 15 is 0 Å². The maximum Gasteiger partial charge on any atom is 0.451 e. The van der Waals surface area contributed by atoms with Crippen LogP contribution in [0.1, 0.15) is 23.6 Å². The van der Waals surface area contributed by atoms with Crippen molar-refractivity contribution in [1.82, 2.24) is 4.57 Å². The molecule has 0 fully saturated rings. The Morgan fingerprint density at radius 1 is 1.18 bits per heavy atom. The zero-order chi connectivity index (χ0) is 19.7. The lowest BCUT2D eigenvalue weighted by molar-refractivity contribution is 0.372. The third kappa shape index (κ3) is 3.70. The van der Waals surface area contributed by atoms with E-state index in [1.54, 1.807) is 29.5 Å². The molecule has 1 atom stereocenters. The van der Waals surface area contributed by atoms with Crippen LogP contribution in [-0.2, 0) is 6.42 Å². The molecule has 144 valence electrons. The monoisotopic (exact) mass is 395 g/mol. The summed E-state index contributed by atoms with van der Waals surface area (Å²) in [6.45, 7) is 0. The molecule has 1 aliphatic rings. The Balaban J connectivity index is 1.68. The van der Waals surface area contributed by atoms with Crippen LogP contribution in [-0.4, -0.2) is 34.6 Å². The third-order valence-corrected chi connectivity index (χ3v) is 6.40. The summed E-state index contributed by atoms with van der Waals surface area (Å²) in [6.07, 6.45) is 1.42. The number of ether oxygens (including phenoxy) is 1. The molecule has 5 nitrogen and oxygen atoms in total. The van der Waals surface area contributed by atoms with Gasteiger partial charge in [-0.15, -0.1) is 11.8 Å². The summed E-state index contributed by atoms with van der Waals surface area (Å²) in [6, 6.07) is 16.2. The van der Waals surface area contributed by atoms with Gasteiger partial charge < -0.3 is 14.8 Å². The van der Waals surface area contributed by atoms with Crippen LogP contribution in [0.15, 0.2) is 58.4 Å². The van der Waals surface area contributed by atoms with Gasteiger partial charge in [0, 0.05) is 29.8 Å². The first kappa shape index (κ1) is 19.1. The number of nitrogens with zero attached hydrogens (tertiary/aromatic N) is 1. The van der Waals surface area contributed by atoms with Crippen molar-refractivity contribution < 1.29 is 14.8 Å². The summed E-state index contributed by atoms with van der Waals surface area (Å²) in [5.74, 6) is 1.47. The predicted molar refractivity (Wildman–Crippen MR) is 113 cm³/mol. The second-order valence-corrected chi connectivity index (χ2v) is 8.11. The lowest BCUT2D eigenvalue weighted by atomic mass is 9.83. The molecule has 1 unspecified atom stereocenters. The minimum Gasteiger partial charge on any atom is -0.494 e. The van der Waals surface area contributed by atoms with Gasteiger partial charge in [-0.05, 0) is 29.1 Å². The highest BCUT2D eigenvalue weighted by Crippen LogP contribution is 2.42. The number of aromatic nitrogens is 1. The second kappa shape index (κ2) is 8.03. The highest BCUT2D eigenvalue weighted by molar-refractivity contribution is 7.99. The van der Waals surface area contributed by atoms with Gasteiger partial charge in [-0.3, -0.25) is 9.36 Å². The van der Waals surface area contributed by atoms with Crippen molar-refractivity contribution in [2.75, 3.05) is 12.9 Å². The van der Waals surface area contributed by atoms with Gasteiger partial charge in [-0.2, -0.15) is 0 Å². The Morgan fingerprint density at radius 2 is 1.96 bits per heavy atom. The van der Waals surface area contributed by atoms with E-state index in [2.05, 4.69) is 30.3 Å². The van der Waals surface area contributed by atoms with Crippen LogP contribution in [0, 0.1) is 0 Å². The number of hydrogen-bond donors (Lipinski definition) is 2. The molecule has 0 aliphatic carbocycles. The Hall–Kier alpha value is -2.22. The average Bonchev–Trinajstić information content (AvgIpc) is 3.11. The molecule has 1 aliphatic heterocycles. The SMILES string of the molecule is COc1c(Cc2ccc3ccccc3c2)cc(=O)n2c1SCC2CCB(O)O. The fraction of sp³-hybridized carbons (Fsp3) is 0.286. The van der Waals surface area contributed by atoms with Crippen molar-refractivity contribution in [3.05, 3.63) is 70.0 Å². The van der Waals surface area contributed by atoms with Crippen molar-refractivity contribution in [2.24, 2.45) is 0 Å². The van der Waals surface area contributed by atoms with Gasteiger partial charge in [0.1, 0.15) is 5.03 Å². The number of hydrogen-bond acceptors (Lipinski definition) is 5. The molecular formula is C21H22BNO4S. The molecule has 0 radical (unpaired) electrons. The molecule has 2 N–H and O–H groups in total. The Labute approximate surface area is 168 Å². The molecule has 2 aromatic carbocycles. The average molecular weight is 395 g/mol. The molecule has 2 heterocycles. The van der Waals surface area contributed by atoms with Gasteiger partial charge in [0.05, 0.1) is 7.11 Å². The van der Waals surface area contributed by atoms with Crippen molar-refractivity contribution in [3.63, 3.8) is 0 Å². The van der Waals surface area contributed by atoms with Crippen LogP contribution in [0.4, 0.5) is 0 Å². The first-order chi connectivity index (χ1) is 13.6. The zero-order valence-electron chi connectivity index (χ0n) is 15.7. The van der Waals surface area contributed by atoms with Crippen molar-refractivity contribution >= 4 is 29.7 Å². The van der Waals surface area contributed by atoms with E-state index in [0.29, 0.717) is 12.8 Å². The van der Waals surface area contributed by atoms with Gasteiger partial charge in [-0.1, -0.05) is 42.5 Å². The van der Waals surface area contributed by atoms with E-state index in [4.69, 9.17) is 14.8 Å². The molecule has 0 bridgehead atoms. The number of fused-ring (bicyclic) bond motifs is 2. The van der Waals surface area contributed by atoms with E-state index in [9.17, 15) is 4.79 Å². The largest absolute Gasteiger partial charge is 0.494 e. The number of benzene rings is 2. The number of thioether (sulfide) groups is 1. The summed E-state index contributed by atoms with van der Waals surface area (Å²) in [4.78, 5) is 12.8. The molecule has 0 saturated carbocycles. The summed E-state index contributed by atoms with van der Waals surface area (Å²) in [5, 5.41) is 21.5. The lowest BCUT2D eigenvalue weighted by Crippen LogP contribution is -2.25. The molecule has 3 aromatic rings. The van der Waals surface area contributed by atoms with Crippen molar-refractivity contribution in [1.29, 1.82) is 0 Å². The Bertz CT molecular complexity index is 1070. The topological polar surface area (TPSA) is 71.7 Å². The molecule has 7 heteroatoms. The quantitative estimate of drug-likeness (QED) is 0.628. The summed E-state index contributed by atoms with van der Waals surface area (Å²) in [5.41, 5.74) is 1.95. The summed E-state index contributed by atoms with van der Waals surface area (Å²) < 4.78 is 7.44. The highest BCUT2D eigenvalue weighted by Gasteiger charge is 2.29. The highest BCUT2D eigenvalue weighted by atomic mass is 32.2. The fourth-order valence-electron chi connectivity index (χ4n) is 3.83. The molecule has 0 spiro atoms. The maximum atomic E-state index is 12.8. The van der Waals surface area contributed by atoms with Crippen LogP contribution in [0.5, 0.6) is 5.75 Å². The first-order valence-electron chi connectivity index (χ1n) is 9.36. The maximum absolute atomic E-state index is 12.8. The van der Waals surface area contributed by atoms with E-state index in [1.165, 1.54) is 10.8 Å². The van der Waals surface area contributed by atoms with Crippen LogP contribution in [0.25, 0.3) is 10.8 Å². The van der Waals surface area contributed by atoms with E-state index in [1.807, 2.05) is 12.1 Å². The van der Waals surface area contributed by atoms with Crippen LogP contribution < -0.4 is 10.3 Å². The molecule has 0 amide bonds. The van der Waals surface area contributed by atoms with Crippen LogP contribution >= 0.6 is 11.8 Å². The predicted octanol–water partition coefficient (Wildman–Crippen LogP) is 3.11. The van der Waals surface area contributed by atoms with Gasteiger partial charge in [0.2, 0.25) is 0 Å². The van der Waals surface area contributed by atoms with E-state index < -0.39 is 7.12 Å². The number of methoxy groups -OCH3 is 1. The Morgan fingerprint density at radius 3 is 2.71 bits per heavy atom. The number of pyridine rings is 1.